The van der Waals surface area contributed by atoms with E-state index in [2.05, 4.69) is 39.6 Å². The summed E-state index contributed by atoms with van der Waals surface area (Å²) < 4.78 is 0. The van der Waals surface area contributed by atoms with E-state index in [4.69, 9.17) is 0 Å². The summed E-state index contributed by atoms with van der Waals surface area (Å²) in [5, 5.41) is 3.28. The van der Waals surface area contributed by atoms with Crippen LogP contribution < -0.4 is 5.32 Å². The number of anilines is 1. The Kier molecular flexibility index (Phi) is 5.19. The smallest absolute Gasteiger partial charge is 0.272 e. The highest BCUT2D eigenvalue weighted by molar-refractivity contribution is 5.93. The molecule has 1 amide bonds. The Labute approximate surface area is 136 Å². The van der Waals surface area contributed by atoms with Crippen LogP contribution in [0.25, 0.3) is 0 Å². The molecule has 1 saturated heterocycles. The summed E-state index contributed by atoms with van der Waals surface area (Å²) in [6.45, 7) is 2.49. The Morgan fingerprint density at radius 3 is 2.70 bits per heavy atom. The van der Waals surface area contributed by atoms with Gasteiger partial charge in [-0.3, -0.25) is 4.79 Å². The molecule has 0 saturated carbocycles. The minimum Gasteiger partial charge on any atom is -0.370 e. The second kappa shape index (κ2) is 7.72. The fourth-order valence-corrected chi connectivity index (χ4v) is 2.81. The number of carbonyl (C=O) groups is 1. The van der Waals surface area contributed by atoms with E-state index in [0.717, 1.165) is 51.1 Å². The van der Waals surface area contributed by atoms with E-state index in [9.17, 15) is 4.79 Å². The second-order valence-corrected chi connectivity index (χ2v) is 5.80. The first-order valence-electron chi connectivity index (χ1n) is 8.22. The van der Waals surface area contributed by atoms with Crippen molar-refractivity contribution in [2.75, 3.05) is 25.0 Å². The molecule has 1 aromatic heterocycles. The Hall–Kier alpha value is -2.43. The molecular formula is C18H22N4O. The molecule has 0 unspecified atom stereocenters. The SMILES string of the molecule is O=C(c1cc(NCCCc2ccccc2)ncn1)N1CCCC1. The minimum atomic E-state index is 0.0113. The third-order valence-corrected chi connectivity index (χ3v) is 4.07. The maximum atomic E-state index is 12.3. The van der Waals surface area contributed by atoms with Crippen LogP contribution in [0.4, 0.5) is 5.82 Å². The molecule has 0 radical (unpaired) electrons. The van der Waals surface area contributed by atoms with Gasteiger partial charge in [0.15, 0.2) is 0 Å². The largest absolute Gasteiger partial charge is 0.370 e. The van der Waals surface area contributed by atoms with Gasteiger partial charge in [-0.05, 0) is 31.2 Å². The van der Waals surface area contributed by atoms with E-state index < -0.39 is 0 Å². The normalized spacial score (nSPS) is 14.0. The van der Waals surface area contributed by atoms with Gasteiger partial charge >= 0.3 is 0 Å². The van der Waals surface area contributed by atoms with Crippen LogP contribution in [0.5, 0.6) is 0 Å². The van der Waals surface area contributed by atoms with Crippen molar-refractivity contribution in [3.8, 4) is 0 Å². The van der Waals surface area contributed by atoms with Gasteiger partial charge in [-0.2, -0.15) is 0 Å². The number of likely N-dealkylation sites (tertiary alicyclic amines) is 1. The summed E-state index contributed by atoms with van der Waals surface area (Å²) >= 11 is 0. The van der Waals surface area contributed by atoms with Crippen molar-refractivity contribution in [1.82, 2.24) is 14.9 Å². The number of aryl methyl sites for hydroxylation is 1. The predicted octanol–water partition coefficient (Wildman–Crippen LogP) is 2.76. The van der Waals surface area contributed by atoms with E-state index in [1.165, 1.54) is 11.9 Å². The number of benzene rings is 1. The van der Waals surface area contributed by atoms with Crippen LogP contribution in [0.1, 0.15) is 35.3 Å². The molecule has 1 aromatic carbocycles. The molecule has 2 heterocycles. The number of nitrogens with one attached hydrogen (secondary N) is 1. The maximum absolute atomic E-state index is 12.3. The first-order valence-corrected chi connectivity index (χ1v) is 8.22. The molecule has 0 bridgehead atoms. The summed E-state index contributed by atoms with van der Waals surface area (Å²) in [6, 6.07) is 12.2. The van der Waals surface area contributed by atoms with Crippen LogP contribution in [0.3, 0.4) is 0 Å². The third kappa shape index (κ3) is 4.28. The van der Waals surface area contributed by atoms with Gasteiger partial charge in [0.05, 0.1) is 0 Å². The highest BCUT2D eigenvalue weighted by Gasteiger charge is 2.20. The molecule has 1 fully saturated rings. The van der Waals surface area contributed by atoms with E-state index in [-0.39, 0.29) is 5.91 Å². The van der Waals surface area contributed by atoms with E-state index in [0.29, 0.717) is 5.69 Å². The molecule has 1 aliphatic rings. The number of rotatable bonds is 6. The summed E-state index contributed by atoms with van der Waals surface area (Å²) in [5.41, 5.74) is 1.81. The number of amides is 1. The standard InChI is InChI=1S/C18H22N4O/c23-18(22-11-4-5-12-22)16-13-17(21-14-20-16)19-10-6-9-15-7-2-1-3-8-15/h1-3,7-8,13-14H,4-6,9-12H2,(H,19,20,21). The first-order chi connectivity index (χ1) is 11.3. The van der Waals surface area contributed by atoms with Crippen LogP contribution in [-0.4, -0.2) is 40.4 Å². The van der Waals surface area contributed by atoms with E-state index >= 15 is 0 Å². The zero-order valence-corrected chi connectivity index (χ0v) is 13.2. The topological polar surface area (TPSA) is 58.1 Å². The van der Waals surface area contributed by atoms with Crippen LogP contribution in [0, 0.1) is 0 Å². The van der Waals surface area contributed by atoms with Gasteiger partial charge in [0.1, 0.15) is 17.8 Å². The molecule has 0 atom stereocenters. The van der Waals surface area contributed by atoms with Crippen LogP contribution in [0.15, 0.2) is 42.7 Å². The number of hydrogen-bond acceptors (Lipinski definition) is 4. The van der Waals surface area contributed by atoms with Crippen molar-refractivity contribution in [1.29, 1.82) is 0 Å². The van der Waals surface area contributed by atoms with Crippen molar-refractivity contribution in [3.63, 3.8) is 0 Å². The molecule has 0 spiro atoms. The number of carbonyl (C=O) groups excluding carboxylic acids is 1. The fraction of sp³-hybridized carbons (Fsp3) is 0.389. The summed E-state index contributed by atoms with van der Waals surface area (Å²) in [4.78, 5) is 22.5. The molecule has 2 aromatic rings. The van der Waals surface area contributed by atoms with Gasteiger partial charge < -0.3 is 10.2 Å². The lowest BCUT2D eigenvalue weighted by Crippen LogP contribution is -2.28. The van der Waals surface area contributed by atoms with Crippen molar-refractivity contribution < 1.29 is 4.79 Å². The first kappa shape index (κ1) is 15.5. The minimum absolute atomic E-state index is 0.0113. The Morgan fingerprint density at radius 1 is 1.13 bits per heavy atom. The monoisotopic (exact) mass is 310 g/mol. The Bertz CT molecular complexity index is 638. The molecule has 23 heavy (non-hydrogen) atoms. The zero-order valence-electron chi connectivity index (χ0n) is 13.2. The highest BCUT2D eigenvalue weighted by Crippen LogP contribution is 2.13. The Balaban J connectivity index is 1.50. The molecule has 5 nitrogen and oxygen atoms in total. The van der Waals surface area contributed by atoms with Crippen molar-refractivity contribution in [2.24, 2.45) is 0 Å². The number of aromatic nitrogens is 2. The van der Waals surface area contributed by atoms with Crippen molar-refractivity contribution in [3.05, 3.63) is 54.0 Å². The lowest BCUT2D eigenvalue weighted by Gasteiger charge is -2.14. The second-order valence-electron chi connectivity index (χ2n) is 5.80. The lowest BCUT2D eigenvalue weighted by atomic mass is 10.1. The molecule has 1 N–H and O–H groups in total. The molecule has 3 rings (SSSR count). The predicted molar refractivity (Wildman–Crippen MR) is 90.4 cm³/mol. The average molecular weight is 310 g/mol. The average Bonchev–Trinajstić information content (AvgIpc) is 3.14. The maximum Gasteiger partial charge on any atom is 0.272 e. The van der Waals surface area contributed by atoms with E-state index in [1.807, 2.05) is 11.0 Å². The van der Waals surface area contributed by atoms with E-state index in [1.54, 1.807) is 6.07 Å². The molecule has 120 valence electrons. The number of hydrogen-bond donors (Lipinski definition) is 1. The van der Waals surface area contributed by atoms with Gasteiger partial charge in [0.25, 0.3) is 5.91 Å². The molecule has 0 aliphatic carbocycles. The molecular weight excluding hydrogens is 288 g/mol. The van der Waals surface area contributed by atoms with Gasteiger partial charge in [0.2, 0.25) is 0 Å². The molecule has 5 heteroatoms. The van der Waals surface area contributed by atoms with Crippen molar-refractivity contribution in [2.45, 2.75) is 25.7 Å². The third-order valence-electron chi connectivity index (χ3n) is 4.07. The van der Waals surface area contributed by atoms with Gasteiger partial charge in [-0.1, -0.05) is 30.3 Å². The van der Waals surface area contributed by atoms with Crippen LogP contribution in [0.2, 0.25) is 0 Å². The highest BCUT2D eigenvalue weighted by atomic mass is 16.2. The van der Waals surface area contributed by atoms with Crippen LogP contribution >= 0.6 is 0 Å². The van der Waals surface area contributed by atoms with Gasteiger partial charge in [-0.15, -0.1) is 0 Å². The van der Waals surface area contributed by atoms with Crippen molar-refractivity contribution >= 4 is 11.7 Å². The number of nitrogens with zero attached hydrogens (tertiary/aromatic N) is 3. The van der Waals surface area contributed by atoms with Gasteiger partial charge in [-0.25, -0.2) is 9.97 Å². The summed E-state index contributed by atoms with van der Waals surface area (Å²) in [6.07, 6.45) is 5.67. The quantitative estimate of drug-likeness (QED) is 0.834. The molecule has 1 aliphatic heterocycles. The summed E-state index contributed by atoms with van der Waals surface area (Å²) in [5.74, 6) is 0.729. The fourth-order valence-electron chi connectivity index (χ4n) is 2.81. The lowest BCUT2D eigenvalue weighted by molar-refractivity contribution is 0.0787. The van der Waals surface area contributed by atoms with Gasteiger partial charge in [0, 0.05) is 25.7 Å². The Morgan fingerprint density at radius 2 is 1.91 bits per heavy atom. The zero-order chi connectivity index (χ0) is 15.9. The summed E-state index contributed by atoms with van der Waals surface area (Å²) in [7, 11) is 0. The van der Waals surface area contributed by atoms with Crippen LogP contribution in [-0.2, 0) is 6.42 Å².